The highest BCUT2D eigenvalue weighted by atomic mass is 35.5. The highest BCUT2D eigenvalue weighted by Crippen LogP contribution is 2.30. The number of hydrogen-bond donors (Lipinski definition) is 1. The van der Waals surface area contributed by atoms with Gasteiger partial charge in [-0.3, -0.25) is 0 Å². The van der Waals surface area contributed by atoms with Crippen molar-refractivity contribution in [3.05, 3.63) is 59.1 Å². The molecule has 3 heteroatoms. The minimum atomic E-state index is 0.788. The molecule has 0 heterocycles. The summed E-state index contributed by atoms with van der Waals surface area (Å²) < 4.78 is 0. The van der Waals surface area contributed by atoms with Gasteiger partial charge >= 0.3 is 0 Å². The van der Waals surface area contributed by atoms with E-state index >= 15 is 0 Å². The summed E-state index contributed by atoms with van der Waals surface area (Å²) in [5, 5.41) is 4.25. The third-order valence-corrected chi connectivity index (χ3v) is 3.69. The van der Waals surface area contributed by atoms with E-state index in [1.165, 1.54) is 16.9 Å². The van der Waals surface area contributed by atoms with Crippen molar-refractivity contribution >= 4 is 23.0 Å². The van der Waals surface area contributed by atoms with Crippen LogP contribution in [0.15, 0.2) is 48.5 Å². The first-order valence-corrected chi connectivity index (χ1v) is 7.95. The zero-order valence-corrected chi connectivity index (χ0v) is 13.5. The molecule has 0 aliphatic heterocycles. The Morgan fingerprint density at radius 2 is 1.81 bits per heavy atom. The summed E-state index contributed by atoms with van der Waals surface area (Å²) in [6, 6.07) is 16.6. The van der Waals surface area contributed by atoms with Gasteiger partial charge in [0.15, 0.2) is 0 Å². The lowest BCUT2D eigenvalue weighted by atomic mass is 10.1. The Kier molecular flexibility index (Phi) is 6.09. The zero-order chi connectivity index (χ0) is 15.1. The summed E-state index contributed by atoms with van der Waals surface area (Å²) in [6.07, 6.45) is 1.13. The summed E-state index contributed by atoms with van der Waals surface area (Å²) in [5.74, 6) is 0. The van der Waals surface area contributed by atoms with E-state index < -0.39 is 0 Å². The largest absolute Gasteiger partial charge is 0.342 e. The zero-order valence-electron chi connectivity index (χ0n) is 12.8. The molecule has 1 N–H and O–H groups in total. The predicted molar refractivity (Wildman–Crippen MR) is 92.6 cm³/mol. The summed E-state index contributed by atoms with van der Waals surface area (Å²) in [7, 11) is 0. The first-order valence-electron chi connectivity index (χ1n) is 7.58. The molecule has 0 saturated heterocycles. The Bertz CT molecular complexity index is 554. The van der Waals surface area contributed by atoms with Crippen molar-refractivity contribution in [2.45, 2.75) is 26.8 Å². The normalized spacial score (nSPS) is 10.6. The molecule has 0 radical (unpaired) electrons. The maximum Gasteiger partial charge on any atom is 0.0457 e. The lowest BCUT2D eigenvalue weighted by Gasteiger charge is -2.26. The van der Waals surface area contributed by atoms with Crippen LogP contribution in [-0.4, -0.2) is 13.1 Å². The van der Waals surface area contributed by atoms with Crippen molar-refractivity contribution < 1.29 is 0 Å². The van der Waals surface area contributed by atoms with Gasteiger partial charge < -0.3 is 10.2 Å². The average molecular weight is 303 g/mol. The van der Waals surface area contributed by atoms with Gasteiger partial charge in [-0.15, -0.1) is 0 Å². The molecule has 0 aliphatic rings. The summed E-state index contributed by atoms with van der Waals surface area (Å²) in [4.78, 5) is 2.32. The maximum atomic E-state index is 6.18. The highest BCUT2D eigenvalue weighted by Gasteiger charge is 2.12. The smallest absolute Gasteiger partial charge is 0.0457 e. The Morgan fingerprint density at radius 1 is 1.05 bits per heavy atom. The fourth-order valence-electron chi connectivity index (χ4n) is 2.46. The third kappa shape index (κ3) is 4.23. The van der Waals surface area contributed by atoms with Crippen molar-refractivity contribution in [1.29, 1.82) is 0 Å². The molecule has 0 amide bonds. The van der Waals surface area contributed by atoms with Crippen LogP contribution in [-0.2, 0) is 6.54 Å². The topological polar surface area (TPSA) is 15.3 Å². The number of anilines is 2. The van der Waals surface area contributed by atoms with Gasteiger partial charge in [0, 0.05) is 29.5 Å². The first kappa shape index (κ1) is 15.9. The number of rotatable bonds is 7. The van der Waals surface area contributed by atoms with Crippen LogP contribution in [0.1, 0.15) is 25.8 Å². The van der Waals surface area contributed by atoms with Crippen LogP contribution in [0.5, 0.6) is 0 Å². The van der Waals surface area contributed by atoms with Crippen molar-refractivity contribution in [3.63, 3.8) is 0 Å². The molecule has 0 atom stereocenters. The SMILES string of the molecule is CCCNCc1cc(Cl)ccc1N(CC)c1ccccc1. The van der Waals surface area contributed by atoms with Gasteiger partial charge in [0.2, 0.25) is 0 Å². The second-order valence-corrected chi connectivity index (χ2v) is 5.47. The summed E-state index contributed by atoms with van der Waals surface area (Å²) in [5.41, 5.74) is 3.66. The molecule has 2 aromatic rings. The Morgan fingerprint density at radius 3 is 2.48 bits per heavy atom. The molecular weight excluding hydrogens is 280 g/mol. The number of para-hydroxylation sites is 1. The minimum absolute atomic E-state index is 0.788. The fourth-order valence-corrected chi connectivity index (χ4v) is 2.65. The summed E-state index contributed by atoms with van der Waals surface area (Å²) >= 11 is 6.18. The standard InChI is InChI=1S/C18H23ClN2/c1-3-12-20-14-15-13-16(19)10-11-18(15)21(4-2)17-8-6-5-7-9-17/h5-11,13,20H,3-4,12,14H2,1-2H3. The van der Waals surface area contributed by atoms with Crippen LogP contribution in [0.3, 0.4) is 0 Å². The van der Waals surface area contributed by atoms with Gasteiger partial charge in [0.05, 0.1) is 0 Å². The molecule has 0 unspecified atom stereocenters. The molecule has 0 spiro atoms. The van der Waals surface area contributed by atoms with E-state index in [-0.39, 0.29) is 0 Å². The molecule has 0 bridgehead atoms. The molecule has 0 aromatic heterocycles. The second-order valence-electron chi connectivity index (χ2n) is 5.03. The van der Waals surface area contributed by atoms with Crippen LogP contribution in [0.25, 0.3) is 0 Å². The van der Waals surface area contributed by atoms with E-state index in [2.05, 4.69) is 60.5 Å². The molecule has 0 saturated carbocycles. The summed E-state index contributed by atoms with van der Waals surface area (Å²) in [6.45, 7) is 7.13. The third-order valence-electron chi connectivity index (χ3n) is 3.46. The minimum Gasteiger partial charge on any atom is -0.342 e. The van der Waals surface area contributed by atoms with E-state index in [0.717, 1.165) is 31.1 Å². The van der Waals surface area contributed by atoms with Gasteiger partial charge in [-0.1, -0.05) is 36.7 Å². The van der Waals surface area contributed by atoms with Crippen LogP contribution in [0.4, 0.5) is 11.4 Å². The number of hydrogen-bond acceptors (Lipinski definition) is 2. The predicted octanol–water partition coefficient (Wildman–Crippen LogP) is 5.00. The van der Waals surface area contributed by atoms with Crippen molar-refractivity contribution in [1.82, 2.24) is 5.32 Å². The first-order chi connectivity index (χ1) is 10.3. The second kappa shape index (κ2) is 8.06. The number of nitrogens with one attached hydrogen (secondary N) is 1. The van der Waals surface area contributed by atoms with Gasteiger partial charge in [0.1, 0.15) is 0 Å². The van der Waals surface area contributed by atoms with Crippen LogP contribution < -0.4 is 10.2 Å². The van der Waals surface area contributed by atoms with Crippen LogP contribution >= 0.6 is 11.6 Å². The molecule has 112 valence electrons. The maximum absolute atomic E-state index is 6.18. The lowest BCUT2D eigenvalue weighted by Crippen LogP contribution is -2.21. The van der Waals surface area contributed by atoms with Crippen LogP contribution in [0.2, 0.25) is 5.02 Å². The molecule has 2 rings (SSSR count). The molecule has 0 aliphatic carbocycles. The van der Waals surface area contributed by atoms with Gasteiger partial charge in [-0.25, -0.2) is 0 Å². The number of nitrogens with zero attached hydrogens (tertiary/aromatic N) is 1. The van der Waals surface area contributed by atoms with Gasteiger partial charge in [0.25, 0.3) is 0 Å². The van der Waals surface area contributed by atoms with Gasteiger partial charge in [-0.2, -0.15) is 0 Å². The highest BCUT2D eigenvalue weighted by molar-refractivity contribution is 6.30. The monoisotopic (exact) mass is 302 g/mol. The molecule has 2 nitrogen and oxygen atoms in total. The Labute approximate surface area is 132 Å². The van der Waals surface area contributed by atoms with Crippen molar-refractivity contribution in [3.8, 4) is 0 Å². The Hall–Kier alpha value is -1.51. The number of benzene rings is 2. The van der Waals surface area contributed by atoms with E-state index in [1.54, 1.807) is 0 Å². The fraction of sp³-hybridized carbons (Fsp3) is 0.333. The molecule has 2 aromatic carbocycles. The molecule has 0 fully saturated rings. The quantitative estimate of drug-likeness (QED) is 0.724. The average Bonchev–Trinajstić information content (AvgIpc) is 2.51. The lowest BCUT2D eigenvalue weighted by molar-refractivity contribution is 0.675. The Balaban J connectivity index is 2.32. The van der Waals surface area contributed by atoms with E-state index in [0.29, 0.717) is 0 Å². The van der Waals surface area contributed by atoms with E-state index in [4.69, 9.17) is 11.6 Å². The molecule has 21 heavy (non-hydrogen) atoms. The van der Waals surface area contributed by atoms with Gasteiger partial charge in [-0.05, 0) is 55.8 Å². The van der Waals surface area contributed by atoms with Crippen molar-refractivity contribution in [2.75, 3.05) is 18.0 Å². The van der Waals surface area contributed by atoms with E-state index in [9.17, 15) is 0 Å². The van der Waals surface area contributed by atoms with E-state index in [1.807, 2.05) is 12.1 Å². The van der Waals surface area contributed by atoms with Crippen molar-refractivity contribution in [2.24, 2.45) is 0 Å². The molecular formula is C18H23ClN2. The van der Waals surface area contributed by atoms with Crippen LogP contribution in [0, 0.1) is 0 Å². The number of halogens is 1.